The highest BCUT2D eigenvalue weighted by atomic mass is 32.2. The second kappa shape index (κ2) is 8.84. The average Bonchev–Trinajstić information content (AvgIpc) is 3.22. The molecule has 0 bridgehead atoms. The largest absolute Gasteiger partial charge is 0.338 e. The van der Waals surface area contributed by atoms with Gasteiger partial charge in [-0.25, -0.2) is 8.42 Å². The maximum absolute atomic E-state index is 12.4. The highest BCUT2D eigenvalue weighted by Gasteiger charge is 2.28. The number of quaternary nitrogens is 1. The molecule has 0 atom stereocenters. The fraction of sp³-hybridized carbons (Fsp3) is 0.579. The number of carbonyl (C=O) groups excluding carboxylic acids is 2. The highest BCUT2D eigenvalue weighted by molar-refractivity contribution is 7.91. The summed E-state index contributed by atoms with van der Waals surface area (Å²) < 4.78 is 24.6. The fourth-order valence-electron chi connectivity index (χ4n) is 3.67. The van der Waals surface area contributed by atoms with Gasteiger partial charge in [0.2, 0.25) is 5.91 Å². The lowest BCUT2D eigenvalue weighted by atomic mass is 10.3. The van der Waals surface area contributed by atoms with Crippen molar-refractivity contribution in [1.82, 2.24) is 9.80 Å². The molecule has 2 aliphatic rings. The lowest BCUT2D eigenvalue weighted by molar-refractivity contribution is -0.896. The van der Waals surface area contributed by atoms with Gasteiger partial charge in [-0.2, -0.15) is 0 Å². The molecule has 0 unspecified atom stereocenters. The number of sulfone groups is 1. The molecule has 7 nitrogen and oxygen atoms in total. The van der Waals surface area contributed by atoms with Crippen LogP contribution in [-0.4, -0.2) is 81.6 Å². The van der Waals surface area contributed by atoms with E-state index in [1.807, 2.05) is 4.90 Å². The predicted molar refractivity (Wildman–Crippen MR) is 101 cm³/mol. The van der Waals surface area contributed by atoms with Crippen LogP contribution in [0.3, 0.4) is 0 Å². The quantitative estimate of drug-likeness (QED) is 0.685. The summed E-state index contributed by atoms with van der Waals surface area (Å²) in [7, 11) is -3.43. The van der Waals surface area contributed by atoms with E-state index >= 15 is 0 Å². The molecule has 0 radical (unpaired) electrons. The van der Waals surface area contributed by atoms with Crippen LogP contribution in [0.15, 0.2) is 35.2 Å². The zero-order chi connectivity index (χ0) is 19.3. The van der Waals surface area contributed by atoms with E-state index in [2.05, 4.69) is 0 Å². The fourth-order valence-corrected chi connectivity index (χ4v) is 4.92. The number of hydrogen-bond donors (Lipinski definition) is 1. The van der Waals surface area contributed by atoms with Gasteiger partial charge in [0.25, 0.3) is 5.91 Å². The molecule has 2 fully saturated rings. The first kappa shape index (κ1) is 19.8. The summed E-state index contributed by atoms with van der Waals surface area (Å²) in [6, 6.07) is 8.24. The van der Waals surface area contributed by atoms with Crippen molar-refractivity contribution in [3.8, 4) is 0 Å². The maximum atomic E-state index is 12.4. The van der Waals surface area contributed by atoms with Crippen molar-refractivity contribution in [3.05, 3.63) is 30.3 Å². The van der Waals surface area contributed by atoms with Crippen molar-refractivity contribution in [2.75, 3.05) is 51.6 Å². The van der Waals surface area contributed by atoms with E-state index in [9.17, 15) is 18.0 Å². The Kier molecular flexibility index (Phi) is 6.49. The van der Waals surface area contributed by atoms with Gasteiger partial charge in [0.05, 0.1) is 36.8 Å². The molecular weight excluding hydrogens is 366 g/mol. The molecule has 1 N–H and O–H groups in total. The van der Waals surface area contributed by atoms with Crippen molar-refractivity contribution in [3.63, 3.8) is 0 Å². The van der Waals surface area contributed by atoms with E-state index in [0.717, 1.165) is 39.0 Å². The van der Waals surface area contributed by atoms with E-state index in [4.69, 9.17) is 0 Å². The van der Waals surface area contributed by atoms with E-state index in [1.165, 1.54) is 4.90 Å². The number of rotatable bonds is 6. The lowest BCUT2D eigenvalue weighted by Gasteiger charge is -2.32. The topological polar surface area (TPSA) is 79.2 Å². The first-order valence-electron chi connectivity index (χ1n) is 9.62. The second-order valence-electron chi connectivity index (χ2n) is 7.28. The monoisotopic (exact) mass is 394 g/mol. The zero-order valence-corrected chi connectivity index (χ0v) is 16.4. The second-order valence-corrected chi connectivity index (χ2v) is 9.39. The minimum absolute atomic E-state index is 0.000725. The van der Waals surface area contributed by atoms with E-state index in [-0.39, 0.29) is 28.9 Å². The molecular formula is C19H28N3O4S+. The van der Waals surface area contributed by atoms with E-state index in [0.29, 0.717) is 19.6 Å². The molecule has 0 aliphatic carbocycles. The number of benzene rings is 1. The summed E-state index contributed by atoms with van der Waals surface area (Å²) in [6.07, 6.45) is 2.18. The van der Waals surface area contributed by atoms with Crippen LogP contribution in [0, 0.1) is 0 Å². The van der Waals surface area contributed by atoms with Gasteiger partial charge in [-0.15, -0.1) is 0 Å². The predicted octanol–water partition coefficient (Wildman–Crippen LogP) is -0.800. The van der Waals surface area contributed by atoms with Gasteiger partial charge in [0, 0.05) is 19.5 Å². The Morgan fingerprint density at radius 3 is 2.11 bits per heavy atom. The summed E-state index contributed by atoms with van der Waals surface area (Å²) >= 11 is 0. The van der Waals surface area contributed by atoms with Crippen LogP contribution in [-0.2, 0) is 19.4 Å². The SMILES string of the molecule is O=C(CCS(=O)(=O)c1ccccc1)N1CC[NH+](CC(=O)N2CCCC2)CC1. The van der Waals surface area contributed by atoms with Crippen molar-refractivity contribution in [2.45, 2.75) is 24.2 Å². The average molecular weight is 395 g/mol. The number of nitrogens with one attached hydrogen (secondary N) is 1. The summed E-state index contributed by atoms with van der Waals surface area (Å²) in [4.78, 5) is 29.7. The normalized spacial score (nSPS) is 18.7. The van der Waals surface area contributed by atoms with E-state index in [1.54, 1.807) is 35.2 Å². The number of carbonyl (C=O) groups is 2. The van der Waals surface area contributed by atoms with Crippen molar-refractivity contribution < 1.29 is 22.9 Å². The summed E-state index contributed by atoms with van der Waals surface area (Å²) in [5.41, 5.74) is 0. The Hall–Kier alpha value is -1.93. The van der Waals surface area contributed by atoms with Crippen molar-refractivity contribution in [2.24, 2.45) is 0 Å². The summed E-state index contributed by atoms with van der Waals surface area (Å²) in [5.74, 6) is -0.0910. The molecule has 2 amide bonds. The van der Waals surface area contributed by atoms with Gasteiger partial charge in [-0.1, -0.05) is 18.2 Å². The molecule has 8 heteroatoms. The molecule has 1 aromatic rings. The minimum Gasteiger partial charge on any atom is -0.338 e. The van der Waals surface area contributed by atoms with Crippen LogP contribution >= 0.6 is 0 Å². The number of amides is 2. The molecule has 1 aromatic carbocycles. The molecule has 2 heterocycles. The Labute approximate surface area is 160 Å². The Bertz CT molecular complexity index is 752. The van der Waals surface area contributed by atoms with Crippen LogP contribution in [0.2, 0.25) is 0 Å². The van der Waals surface area contributed by atoms with Crippen molar-refractivity contribution in [1.29, 1.82) is 0 Å². The number of nitrogens with zero attached hydrogens (tertiary/aromatic N) is 2. The third-order valence-corrected chi connectivity index (χ3v) is 7.10. The van der Waals surface area contributed by atoms with E-state index < -0.39 is 9.84 Å². The molecule has 2 aliphatic heterocycles. The third kappa shape index (κ3) is 5.29. The van der Waals surface area contributed by atoms with Gasteiger partial charge in [-0.05, 0) is 25.0 Å². The van der Waals surface area contributed by atoms with Crippen LogP contribution in [0.5, 0.6) is 0 Å². The highest BCUT2D eigenvalue weighted by Crippen LogP contribution is 2.12. The standard InChI is InChI=1S/C19H27N3O4S/c23-18(8-15-27(25,26)17-6-2-1-3-7-17)22-13-11-20(12-14-22)16-19(24)21-9-4-5-10-21/h1-3,6-7H,4-5,8-16H2/p+1. The van der Waals surface area contributed by atoms with Gasteiger partial charge in [0.15, 0.2) is 16.4 Å². The molecule has 3 rings (SSSR count). The van der Waals surface area contributed by atoms with Crippen LogP contribution in [0.1, 0.15) is 19.3 Å². The minimum atomic E-state index is -3.43. The molecule has 0 saturated carbocycles. The maximum Gasteiger partial charge on any atom is 0.277 e. The first-order valence-corrected chi connectivity index (χ1v) is 11.3. The number of hydrogen-bond acceptors (Lipinski definition) is 4. The van der Waals surface area contributed by atoms with Crippen LogP contribution in [0.25, 0.3) is 0 Å². The Balaban J connectivity index is 1.42. The van der Waals surface area contributed by atoms with Gasteiger partial charge < -0.3 is 14.7 Å². The first-order chi connectivity index (χ1) is 13.0. The molecule has 148 valence electrons. The molecule has 0 spiro atoms. The Morgan fingerprint density at radius 1 is 0.889 bits per heavy atom. The van der Waals surface area contributed by atoms with Crippen LogP contribution < -0.4 is 4.90 Å². The van der Waals surface area contributed by atoms with Crippen molar-refractivity contribution >= 4 is 21.7 Å². The zero-order valence-electron chi connectivity index (χ0n) is 15.6. The third-order valence-electron chi connectivity index (χ3n) is 5.37. The number of piperazine rings is 1. The molecule has 2 saturated heterocycles. The van der Waals surface area contributed by atoms with Gasteiger partial charge >= 0.3 is 0 Å². The summed E-state index contributed by atoms with van der Waals surface area (Å²) in [6.45, 7) is 4.84. The smallest absolute Gasteiger partial charge is 0.277 e. The Morgan fingerprint density at radius 2 is 1.48 bits per heavy atom. The van der Waals surface area contributed by atoms with Gasteiger partial charge in [0.1, 0.15) is 0 Å². The van der Waals surface area contributed by atoms with Crippen LogP contribution in [0.4, 0.5) is 0 Å². The molecule has 27 heavy (non-hydrogen) atoms. The summed E-state index contributed by atoms with van der Waals surface area (Å²) in [5, 5.41) is 0. The van der Waals surface area contributed by atoms with Gasteiger partial charge in [-0.3, -0.25) is 9.59 Å². The lowest BCUT2D eigenvalue weighted by Crippen LogP contribution is -3.15. The molecule has 0 aromatic heterocycles. The number of likely N-dealkylation sites (tertiary alicyclic amines) is 1.